The van der Waals surface area contributed by atoms with E-state index in [2.05, 4.69) is 157 Å². The molecule has 9 aromatic rings. The lowest BCUT2D eigenvalue weighted by Gasteiger charge is -2.42. The minimum absolute atomic E-state index is 0.0160. The van der Waals surface area contributed by atoms with Crippen LogP contribution in [-0.4, -0.2) is 13.4 Å². The molecule has 0 unspecified atom stereocenters. The van der Waals surface area contributed by atoms with E-state index < -0.39 is 0 Å². The van der Waals surface area contributed by atoms with Gasteiger partial charge in [0.05, 0.1) is 0 Å². The van der Waals surface area contributed by atoms with E-state index in [1.165, 1.54) is 74.9 Å². The number of aryl methyl sites for hydroxylation is 2. The van der Waals surface area contributed by atoms with Crippen LogP contribution >= 0.6 is 23.5 Å². The van der Waals surface area contributed by atoms with Gasteiger partial charge in [-0.15, -0.1) is 0 Å². The van der Waals surface area contributed by atoms with Gasteiger partial charge < -0.3 is 19.3 Å². The number of rotatable bonds is 6. The van der Waals surface area contributed by atoms with Crippen molar-refractivity contribution in [2.75, 3.05) is 9.80 Å². The first-order chi connectivity index (χ1) is 31.5. The fourth-order valence-corrected chi connectivity index (χ4v) is 12.7. The molecule has 0 fully saturated rings. The fraction of sp³-hybridized carbons (Fsp3) is 0.0357. The Morgan fingerprint density at radius 3 is 1.17 bits per heavy atom. The van der Waals surface area contributed by atoms with Gasteiger partial charge in [0, 0.05) is 65.8 Å². The first-order valence-electron chi connectivity index (χ1n) is 21.8. The third-order valence-electron chi connectivity index (χ3n) is 12.9. The van der Waals surface area contributed by atoms with Crippen LogP contribution in [0.5, 0.6) is 23.0 Å². The molecule has 0 bridgehead atoms. The standard InChI is InChI=1S/C56H38B2N2O2S2/c1-35-23-25-43-47(27-35)59(37-15-7-3-8-16-37)49-29-41(61-39-19-11-5-12-20-39)31-53-55(49)57(43)45-33-46-52(34-51(45)63-53)64-54-32-42(62-40-21-13-6-14-22-40)30-50-56(54)58(46)44-26-24-36(2)28-48(44)60(50)38-17-9-4-10-18-38/h3-34H,1-2H3. The average molecular weight is 857 g/mol. The van der Waals surface area contributed by atoms with Crippen molar-refractivity contribution in [1.82, 2.24) is 0 Å². The lowest BCUT2D eigenvalue weighted by molar-refractivity contribution is 0.481. The Morgan fingerprint density at radius 2 is 0.750 bits per heavy atom. The molecule has 64 heavy (non-hydrogen) atoms. The Morgan fingerprint density at radius 1 is 0.344 bits per heavy atom. The lowest BCUT2D eigenvalue weighted by atomic mass is 9.31. The SMILES string of the molecule is Cc1ccc2c(c1)N(c1ccccc1)c1cc(Oc3ccccc3)cc3c1B2c1cc2c(cc1S3)Sc1cc(Oc3ccccc3)cc3c1B2c1ccc(C)cc1N3c1ccccc1. The van der Waals surface area contributed by atoms with Gasteiger partial charge >= 0.3 is 0 Å². The predicted octanol–water partition coefficient (Wildman–Crippen LogP) is 11.4. The normalized spacial score (nSPS) is 13.5. The molecule has 9 aromatic carbocycles. The highest BCUT2D eigenvalue weighted by molar-refractivity contribution is 8.01. The van der Waals surface area contributed by atoms with Crippen LogP contribution in [0.25, 0.3) is 0 Å². The quantitative estimate of drug-likeness (QED) is 0.155. The first-order valence-corrected chi connectivity index (χ1v) is 23.4. The van der Waals surface area contributed by atoms with Gasteiger partial charge in [-0.25, -0.2) is 0 Å². The van der Waals surface area contributed by atoms with Crippen LogP contribution in [-0.2, 0) is 0 Å². The Labute approximate surface area is 382 Å². The minimum Gasteiger partial charge on any atom is -0.457 e. The van der Waals surface area contributed by atoms with E-state index in [0.29, 0.717) is 0 Å². The maximum absolute atomic E-state index is 6.68. The van der Waals surface area contributed by atoms with Crippen molar-refractivity contribution in [1.29, 1.82) is 0 Å². The summed E-state index contributed by atoms with van der Waals surface area (Å²) in [5, 5.41) is 0. The maximum Gasteiger partial charge on any atom is 0.249 e. The highest BCUT2D eigenvalue weighted by Gasteiger charge is 2.46. The fourth-order valence-electron chi connectivity index (χ4n) is 10.2. The van der Waals surface area contributed by atoms with Crippen LogP contribution < -0.4 is 52.1 Å². The molecule has 8 heteroatoms. The van der Waals surface area contributed by atoms with E-state index in [1.807, 2.05) is 84.2 Å². The van der Waals surface area contributed by atoms with E-state index in [0.717, 1.165) is 45.7 Å². The van der Waals surface area contributed by atoms with Crippen molar-refractivity contribution in [2.24, 2.45) is 0 Å². The molecule has 0 amide bonds. The lowest BCUT2D eigenvalue weighted by Crippen LogP contribution is -2.63. The minimum atomic E-state index is 0.0160. The number of para-hydroxylation sites is 4. The van der Waals surface area contributed by atoms with E-state index >= 15 is 0 Å². The van der Waals surface area contributed by atoms with Crippen molar-refractivity contribution in [3.63, 3.8) is 0 Å². The molecule has 0 saturated carbocycles. The van der Waals surface area contributed by atoms with Crippen LogP contribution in [0.3, 0.4) is 0 Å². The Kier molecular flexibility index (Phi) is 8.69. The highest BCUT2D eigenvalue weighted by Crippen LogP contribution is 2.48. The van der Waals surface area contributed by atoms with Gasteiger partial charge in [-0.1, -0.05) is 138 Å². The molecule has 0 radical (unpaired) electrons. The predicted molar refractivity (Wildman–Crippen MR) is 269 cm³/mol. The molecule has 0 N–H and O–H groups in total. The summed E-state index contributed by atoms with van der Waals surface area (Å²) in [5.41, 5.74) is 17.4. The van der Waals surface area contributed by atoms with Gasteiger partial charge in [-0.3, -0.25) is 0 Å². The topological polar surface area (TPSA) is 24.9 Å². The number of nitrogens with zero attached hydrogens (tertiary/aromatic N) is 2. The molecule has 4 aliphatic heterocycles. The smallest absolute Gasteiger partial charge is 0.249 e. The first kappa shape index (κ1) is 37.6. The van der Waals surface area contributed by atoms with Gasteiger partial charge in [0.25, 0.3) is 0 Å². The molecule has 13 rings (SSSR count). The zero-order valence-corrected chi connectivity index (χ0v) is 36.8. The molecule has 0 spiro atoms. The summed E-state index contributed by atoms with van der Waals surface area (Å²) in [6.45, 7) is 4.43. The van der Waals surface area contributed by atoms with E-state index in [4.69, 9.17) is 9.47 Å². The van der Waals surface area contributed by atoms with Gasteiger partial charge in [-0.05, 0) is 126 Å². The summed E-state index contributed by atoms with van der Waals surface area (Å²) < 4.78 is 13.4. The molecule has 0 atom stereocenters. The maximum atomic E-state index is 6.68. The summed E-state index contributed by atoms with van der Waals surface area (Å²) in [5.74, 6) is 3.28. The van der Waals surface area contributed by atoms with Crippen molar-refractivity contribution in [3.05, 3.63) is 205 Å². The third-order valence-corrected chi connectivity index (χ3v) is 15.2. The summed E-state index contributed by atoms with van der Waals surface area (Å²) in [7, 11) is 0. The van der Waals surface area contributed by atoms with Crippen molar-refractivity contribution < 1.29 is 9.47 Å². The molecule has 4 aliphatic rings. The van der Waals surface area contributed by atoms with Gasteiger partial charge in [0.2, 0.25) is 13.4 Å². The third kappa shape index (κ3) is 6.04. The molecule has 0 aliphatic carbocycles. The molecular weight excluding hydrogens is 818 g/mol. The second-order valence-electron chi connectivity index (χ2n) is 17.0. The van der Waals surface area contributed by atoms with Crippen molar-refractivity contribution in [2.45, 2.75) is 33.4 Å². The van der Waals surface area contributed by atoms with Crippen molar-refractivity contribution >= 4 is 104 Å². The molecule has 4 nitrogen and oxygen atoms in total. The summed E-state index contributed by atoms with van der Waals surface area (Å²) in [6, 6.07) is 70.0. The Hall–Kier alpha value is -6.99. The van der Waals surface area contributed by atoms with Crippen LogP contribution in [0.15, 0.2) is 214 Å². The van der Waals surface area contributed by atoms with Gasteiger partial charge in [-0.2, -0.15) is 0 Å². The molecule has 0 aromatic heterocycles. The number of anilines is 6. The number of fused-ring (bicyclic) bond motifs is 8. The van der Waals surface area contributed by atoms with Crippen LogP contribution in [0.2, 0.25) is 0 Å². The average Bonchev–Trinajstić information content (AvgIpc) is 3.32. The second kappa shape index (κ2) is 14.8. The summed E-state index contributed by atoms with van der Waals surface area (Å²) in [4.78, 5) is 9.88. The Bertz CT molecular complexity index is 3120. The monoisotopic (exact) mass is 856 g/mol. The van der Waals surface area contributed by atoms with Gasteiger partial charge in [0.1, 0.15) is 23.0 Å². The Balaban J connectivity index is 1.04. The van der Waals surface area contributed by atoms with Gasteiger partial charge in [0.15, 0.2) is 0 Å². The molecule has 0 saturated heterocycles. The van der Waals surface area contributed by atoms with Crippen LogP contribution in [0, 0.1) is 13.8 Å². The number of ether oxygens (including phenoxy) is 2. The highest BCUT2D eigenvalue weighted by atomic mass is 32.2. The van der Waals surface area contributed by atoms with Crippen LogP contribution in [0.1, 0.15) is 11.1 Å². The second-order valence-corrected chi connectivity index (χ2v) is 19.2. The zero-order valence-electron chi connectivity index (χ0n) is 35.2. The summed E-state index contributed by atoms with van der Waals surface area (Å²) >= 11 is 3.73. The number of hydrogen-bond acceptors (Lipinski definition) is 6. The zero-order chi connectivity index (χ0) is 42.5. The number of benzene rings is 9. The van der Waals surface area contributed by atoms with E-state index in [9.17, 15) is 0 Å². The number of hydrogen-bond donors (Lipinski definition) is 0. The van der Waals surface area contributed by atoms with Crippen LogP contribution in [0.4, 0.5) is 34.1 Å². The molecule has 302 valence electrons. The molecule has 4 heterocycles. The van der Waals surface area contributed by atoms with E-state index in [-0.39, 0.29) is 13.4 Å². The van der Waals surface area contributed by atoms with E-state index in [1.54, 1.807) is 0 Å². The largest absolute Gasteiger partial charge is 0.457 e. The summed E-state index contributed by atoms with van der Waals surface area (Å²) in [6.07, 6.45) is 0. The molecular formula is C56H38B2N2O2S2. The van der Waals surface area contributed by atoms with Crippen molar-refractivity contribution in [3.8, 4) is 23.0 Å².